The Morgan fingerprint density at radius 2 is 1.83 bits per heavy atom. The Kier molecular flexibility index (Phi) is 2.57. The summed E-state index contributed by atoms with van der Waals surface area (Å²) in [7, 11) is 0. The van der Waals surface area contributed by atoms with E-state index < -0.39 is 0 Å². The molecule has 0 fully saturated rings. The second-order valence-corrected chi connectivity index (χ2v) is 4.29. The van der Waals surface area contributed by atoms with Crippen molar-refractivity contribution in [1.29, 1.82) is 0 Å². The highest BCUT2D eigenvalue weighted by Crippen LogP contribution is 2.17. The first kappa shape index (κ1) is 10.9. The van der Waals surface area contributed by atoms with Crippen molar-refractivity contribution in [2.24, 2.45) is 0 Å². The molecule has 0 spiro atoms. The molecule has 2 aromatic carbocycles. The minimum Gasteiger partial charge on any atom is -0.429 e. The minimum absolute atomic E-state index is 0.0279. The summed E-state index contributed by atoms with van der Waals surface area (Å²) in [6.07, 6.45) is 0. The van der Waals surface area contributed by atoms with Crippen LogP contribution in [0.1, 0.15) is 15.9 Å². The first-order valence-corrected chi connectivity index (χ1v) is 5.87. The average molecular weight is 255 g/mol. The summed E-state index contributed by atoms with van der Waals surface area (Å²) in [6.45, 7) is 0. The number of hydrogen-bond acceptors (Lipinski definition) is 3. The van der Waals surface area contributed by atoms with Gasteiger partial charge in [0.25, 0.3) is 4.84 Å². The highest BCUT2D eigenvalue weighted by Gasteiger charge is 2.10. The Labute approximate surface area is 108 Å². The molecular formula is C14H9NO2S. The lowest BCUT2D eigenvalue weighted by Crippen LogP contribution is -2.00. The number of H-pyrrole nitrogens is 1. The Balaban J connectivity index is 2.09. The zero-order valence-electron chi connectivity index (χ0n) is 9.34. The van der Waals surface area contributed by atoms with Gasteiger partial charge in [0.15, 0.2) is 11.4 Å². The van der Waals surface area contributed by atoms with Crippen LogP contribution in [-0.2, 0) is 0 Å². The molecular weight excluding hydrogens is 246 g/mol. The normalized spacial score (nSPS) is 10.7. The Hall–Kier alpha value is -2.20. The fourth-order valence-electron chi connectivity index (χ4n) is 1.84. The van der Waals surface area contributed by atoms with Crippen molar-refractivity contribution in [3.8, 4) is 0 Å². The average Bonchev–Trinajstić information content (AvgIpc) is 2.78. The van der Waals surface area contributed by atoms with Gasteiger partial charge in [-0.1, -0.05) is 30.3 Å². The number of carbonyl (C=O) groups excluding carboxylic acids is 1. The Bertz CT molecular complexity index is 771. The fraction of sp³-hybridized carbons (Fsp3) is 0. The molecule has 3 aromatic rings. The van der Waals surface area contributed by atoms with Gasteiger partial charge >= 0.3 is 0 Å². The molecule has 0 amide bonds. The molecule has 0 unspecified atom stereocenters. The van der Waals surface area contributed by atoms with Gasteiger partial charge in [0.1, 0.15) is 0 Å². The van der Waals surface area contributed by atoms with E-state index in [-0.39, 0.29) is 5.78 Å². The molecule has 3 nitrogen and oxygen atoms in total. The van der Waals surface area contributed by atoms with E-state index in [0.717, 1.165) is 5.52 Å². The fourth-order valence-corrected chi connectivity index (χ4v) is 2.04. The SMILES string of the molecule is O=C(c1ccccc1)c1ccc2[nH]c(=S)oc2c1. The molecule has 0 radical (unpaired) electrons. The molecule has 0 saturated carbocycles. The van der Waals surface area contributed by atoms with Gasteiger partial charge in [-0.15, -0.1) is 0 Å². The summed E-state index contributed by atoms with van der Waals surface area (Å²) < 4.78 is 5.30. The van der Waals surface area contributed by atoms with Gasteiger partial charge in [-0.05, 0) is 30.4 Å². The van der Waals surface area contributed by atoms with E-state index in [1.165, 1.54) is 0 Å². The number of ketones is 1. The first-order valence-electron chi connectivity index (χ1n) is 5.47. The number of aromatic nitrogens is 1. The largest absolute Gasteiger partial charge is 0.429 e. The quantitative estimate of drug-likeness (QED) is 0.560. The zero-order valence-corrected chi connectivity index (χ0v) is 10.2. The smallest absolute Gasteiger partial charge is 0.266 e. The van der Waals surface area contributed by atoms with Crippen LogP contribution in [0.2, 0.25) is 0 Å². The lowest BCUT2D eigenvalue weighted by atomic mass is 10.0. The van der Waals surface area contributed by atoms with Gasteiger partial charge in [0.05, 0.1) is 5.52 Å². The highest BCUT2D eigenvalue weighted by molar-refractivity contribution is 7.71. The number of fused-ring (bicyclic) bond motifs is 1. The van der Waals surface area contributed by atoms with Gasteiger partial charge in [-0.25, -0.2) is 0 Å². The van der Waals surface area contributed by atoms with E-state index in [9.17, 15) is 4.79 Å². The number of rotatable bonds is 2. The minimum atomic E-state index is -0.0279. The van der Waals surface area contributed by atoms with Crippen LogP contribution in [0.3, 0.4) is 0 Å². The van der Waals surface area contributed by atoms with Crippen molar-refractivity contribution >= 4 is 29.1 Å². The molecule has 1 N–H and O–H groups in total. The topological polar surface area (TPSA) is 46.0 Å². The standard InChI is InChI=1S/C14H9NO2S/c16-13(9-4-2-1-3-5-9)10-6-7-11-12(8-10)17-14(18)15-11/h1-8H,(H,15,18). The third-order valence-electron chi connectivity index (χ3n) is 2.72. The van der Waals surface area contributed by atoms with E-state index in [0.29, 0.717) is 21.5 Å². The first-order chi connectivity index (χ1) is 8.74. The predicted molar refractivity (Wildman–Crippen MR) is 71.3 cm³/mol. The second kappa shape index (κ2) is 4.23. The number of carbonyl (C=O) groups is 1. The van der Waals surface area contributed by atoms with Crippen molar-refractivity contribution in [3.05, 3.63) is 64.5 Å². The van der Waals surface area contributed by atoms with Crippen molar-refractivity contribution in [2.45, 2.75) is 0 Å². The summed E-state index contributed by atoms with van der Waals surface area (Å²) >= 11 is 4.91. The van der Waals surface area contributed by atoms with Gasteiger partial charge in [0, 0.05) is 11.1 Å². The monoisotopic (exact) mass is 255 g/mol. The van der Waals surface area contributed by atoms with Crippen LogP contribution < -0.4 is 0 Å². The number of hydrogen-bond donors (Lipinski definition) is 1. The maximum Gasteiger partial charge on any atom is 0.266 e. The molecule has 0 atom stereocenters. The predicted octanol–water partition coefficient (Wildman–Crippen LogP) is 3.72. The summed E-state index contributed by atoms with van der Waals surface area (Å²) in [5.74, 6) is -0.0279. The highest BCUT2D eigenvalue weighted by atomic mass is 32.1. The van der Waals surface area contributed by atoms with E-state index >= 15 is 0 Å². The molecule has 0 saturated heterocycles. The zero-order chi connectivity index (χ0) is 12.5. The van der Waals surface area contributed by atoms with E-state index in [1.54, 1.807) is 30.3 Å². The molecule has 4 heteroatoms. The third kappa shape index (κ3) is 1.87. The molecule has 88 valence electrons. The van der Waals surface area contributed by atoms with Crippen LogP contribution >= 0.6 is 12.2 Å². The van der Waals surface area contributed by atoms with Gasteiger partial charge in [-0.2, -0.15) is 0 Å². The Morgan fingerprint density at radius 1 is 1.06 bits per heavy atom. The van der Waals surface area contributed by atoms with Crippen LogP contribution in [0.4, 0.5) is 0 Å². The third-order valence-corrected chi connectivity index (χ3v) is 2.90. The van der Waals surface area contributed by atoms with Gasteiger partial charge in [0.2, 0.25) is 0 Å². The molecule has 18 heavy (non-hydrogen) atoms. The molecule has 0 aliphatic carbocycles. The lowest BCUT2D eigenvalue weighted by molar-refractivity contribution is 0.103. The van der Waals surface area contributed by atoms with Crippen LogP contribution in [0.5, 0.6) is 0 Å². The van der Waals surface area contributed by atoms with Gasteiger partial charge < -0.3 is 9.40 Å². The van der Waals surface area contributed by atoms with Crippen molar-refractivity contribution < 1.29 is 9.21 Å². The maximum atomic E-state index is 12.2. The van der Waals surface area contributed by atoms with Crippen LogP contribution in [-0.4, -0.2) is 10.8 Å². The molecule has 0 aliphatic rings. The summed E-state index contributed by atoms with van der Waals surface area (Å²) in [6, 6.07) is 14.4. The summed E-state index contributed by atoms with van der Waals surface area (Å²) in [5.41, 5.74) is 2.64. The maximum absolute atomic E-state index is 12.2. The van der Waals surface area contributed by atoms with Crippen molar-refractivity contribution in [2.75, 3.05) is 0 Å². The van der Waals surface area contributed by atoms with E-state index in [1.807, 2.05) is 18.2 Å². The van der Waals surface area contributed by atoms with Gasteiger partial charge in [-0.3, -0.25) is 4.79 Å². The van der Waals surface area contributed by atoms with E-state index in [4.69, 9.17) is 16.6 Å². The number of aromatic amines is 1. The summed E-state index contributed by atoms with van der Waals surface area (Å²) in [5, 5.41) is 0. The van der Waals surface area contributed by atoms with Crippen LogP contribution in [0.25, 0.3) is 11.1 Å². The van der Waals surface area contributed by atoms with Crippen LogP contribution in [0.15, 0.2) is 52.9 Å². The van der Waals surface area contributed by atoms with Crippen molar-refractivity contribution in [3.63, 3.8) is 0 Å². The Morgan fingerprint density at radius 3 is 2.61 bits per heavy atom. The molecule has 0 aliphatic heterocycles. The molecule has 1 aromatic heterocycles. The second-order valence-electron chi connectivity index (χ2n) is 3.92. The summed E-state index contributed by atoms with van der Waals surface area (Å²) in [4.78, 5) is 15.4. The number of benzene rings is 2. The lowest BCUT2D eigenvalue weighted by Gasteiger charge is -2.00. The molecule has 0 bridgehead atoms. The van der Waals surface area contributed by atoms with E-state index in [2.05, 4.69) is 4.98 Å². The number of oxazole rings is 1. The molecule has 1 heterocycles. The molecule has 3 rings (SSSR count). The van der Waals surface area contributed by atoms with Crippen molar-refractivity contribution in [1.82, 2.24) is 4.98 Å². The number of nitrogens with one attached hydrogen (secondary N) is 1. The van der Waals surface area contributed by atoms with Crippen LogP contribution in [0, 0.1) is 4.84 Å².